The highest BCUT2D eigenvalue weighted by Crippen LogP contribution is 2.32. The quantitative estimate of drug-likeness (QED) is 0.227. The molecule has 3 N–H and O–H groups in total. The average Bonchev–Trinajstić information content (AvgIpc) is 3.27. The topological polar surface area (TPSA) is 175 Å². The van der Waals surface area contributed by atoms with Gasteiger partial charge in [0.2, 0.25) is 11.8 Å². The lowest BCUT2D eigenvalue weighted by molar-refractivity contribution is -0.156. The van der Waals surface area contributed by atoms with E-state index in [1.165, 1.54) is 25.6 Å². The van der Waals surface area contributed by atoms with Gasteiger partial charge in [0.15, 0.2) is 5.60 Å². The molecule has 3 rings (SSSR count). The predicted octanol–water partition coefficient (Wildman–Crippen LogP) is 0.387. The van der Waals surface area contributed by atoms with Gasteiger partial charge in [-0.2, -0.15) is 0 Å². The van der Waals surface area contributed by atoms with Gasteiger partial charge in [0.25, 0.3) is 5.91 Å². The highest BCUT2D eigenvalue weighted by molar-refractivity contribution is 6.51. The van der Waals surface area contributed by atoms with E-state index in [2.05, 4.69) is 25.9 Å². The molecule has 0 unspecified atom stereocenters. The minimum atomic E-state index is -1.93. The van der Waals surface area contributed by atoms with E-state index < -0.39 is 67.2 Å². The number of carbonyl (C=O) groups excluding carboxylic acids is 5. The fourth-order valence-corrected chi connectivity index (χ4v) is 4.35. The molecular weight excluding hydrogens is 533 g/mol. The van der Waals surface area contributed by atoms with Crippen LogP contribution in [0.15, 0.2) is 48.9 Å². The van der Waals surface area contributed by atoms with Crippen molar-refractivity contribution in [3.05, 3.63) is 60.2 Å². The normalized spacial score (nSPS) is 17.8. The van der Waals surface area contributed by atoms with Crippen molar-refractivity contribution in [1.82, 2.24) is 25.9 Å². The first kappa shape index (κ1) is 31.2. The van der Waals surface area contributed by atoms with Crippen molar-refractivity contribution >= 4 is 36.8 Å². The second-order valence-electron chi connectivity index (χ2n) is 10.0. The Labute approximate surface area is 238 Å². The SMILES string of the molecule is CNC(=O)C[C@]1(CC(=O)OC)OB([C@H](CC(C)C)NC(=O)[C@H](Cc2ccccc2)NC(=O)c2cnccn2)OC1=O. The van der Waals surface area contributed by atoms with Gasteiger partial charge in [0.05, 0.1) is 32.1 Å². The Balaban J connectivity index is 1.86. The number of hydrogen-bond donors (Lipinski definition) is 3. The van der Waals surface area contributed by atoms with Crippen molar-refractivity contribution in [2.75, 3.05) is 14.2 Å². The Morgan fingerprint density at radius 2 is 1.80 bits per heavy atom. The maximum atomic E-state index is 13.7. The van der Waals surface area contributed by atoms with Gasteiger partial charge in [-0.3, -0.25) is 29.0 Å². The number of ether oxygens (including phenoxy) is 1. The zero-order chi connectivity index (χ0) is 30.0. The fraction of sp³-hybridized carbons (Fsp3) is 0.444. The third-order valence-corrected chi connectivity index (χ3v) is 6.40. The van der Waals surface area contributed by atoms with Crippen LogP contribution in [0.3, 0.4) is 0 Å². The summed E-state index contributed by atoms with van der Waals surface area (Å²) >= 11 is 0. The highest BCUT2D eigenvalue weighted by Gasteiger charge is 2.58. The van der Waals surface area contributed by atoms with E-state index >= 15 is 0 Å². The standard InChI is InChI=1S/C27H34BN5O8/c1-17(2)12-21(28-40-26(38)27(41-28,14-22(34)29-3)15-23(35)39-4)33-24(36)19(13-18-8-6-5-7-9-18)32-25(37)20-16-30-10-11-31-20/h5-11,16-17,19,21H,12-15H2,1-4H3,(H,29,34)(H,32,37)(H,33,36)/t19-,21-,27+/m0/s1. The van der Waals surface area contributed by atoms with Crippen molar-refractivity contribution < 1.29 is 38.0 Å². The van der Waals surface area contributed by atoms with Gasteiger partial charge in [-0.15, -0.1) is 0 Å². The van der Waals surface area contributed by atoms with E-state index in [0.29, 0.717) is 6.42 Å². The largest absolute Gasteiger partial charge is 0.552 e. The molecule has 1 aromatic heterocycles. The number of benzene rings is 1. The number of amides is 3. The van der Waals surface area contributed by atoms with Gasteiger partial charge in [-0.05, 0) is 17.9 Å². The molecule has 0 aliphatic carbocycles. The van der Waals surface area contributed by atoms with Crippen LogP contribution in [0.5, 0.6) is 0 Å². The molecule has 3 amide bonds. The minimum Gasteiger partial charge on any atom is -0.506 e. The summed E-state index contributed by atoms with van der Waals surface area (Å²) in [6.07, 6.45) is 3.50. The molecule has 14 heteroatoms. The number of rotatable bonds is 13. The number of aromatic nitrogens is 2. The summed E-state index contributed by atoms with van der Waals surface area (Å²) < 4.78 is 16.2. The van der Waals surface area contributed by atoms with E-state index in [9.17, 15) is 24.0 Å². The summed E-state index contributed by atoms with van der Waals surface area (Å²) in [6, 6.07) is 8.07. The van der Waals surface area contributed by atoms with E-state index in [1.54, 1.807) is 0 Å². The first-order valence-corrected chi connectivity index (χ1v) is 13.1. The Morgan fingerprint density at radius 1 is 1.07 bits per heavy atom. The molecular formula is C27H34BN5O8. The van der Waals surface area contributed by atoms with Crippen molar-refractivity contribution in [3.63, 3.8) is 0 Å². The Kier molecular flexibility index (Phi) is 10.9. The molecule has 13 nitrogen and oxygen atoms in total. The van der Waals surface area contributed by atoms with Gasteiger partial charge in [-0.25, -0.2) is 4.98 Å². The Bertz CT molecular complexity index is 1210. The number of nitrogens with one attached hydrogen (secondary N) is 3. The van der Waals surface area contributed by atoms with Gasteiger partial charge in [0, 0.05) is 25.9 Å². The zero-order valence-electron chi connectivity index (χ0n) is 23.4. The highest BCUT2D eigenvalue weighted by atomic mass is 16.7. The molecule has 1 fully saturated rings. The molecule has 1 aliphatic rings. The van der Waals surface area contributed by atoms with Gasteiger partial charge in [0.1, 0.15) is 11.7 Å². The molecule has 0 radical (unpaired) electrons. The molecule has 41 heavy (non-hydrogen) atoms. The van der Waals surface area contributed by atoms with Crippen LogP contribution < -0.4 is 16.0 Å². The van der Waals surface area contributed by atoms with E-state index in [4.69, 9.17) is 14.0 Å². The van der Waals surface area contributed by atoms with Gasteiger partial charge < -0.3 is 30.0 Å². The first-order chi connectivity index (χ1) is 19.6. The third kappa shape index (κ3) is 8.58. The summed E-state index contributed by atoms with van der Waals surface area (Å²) in [5.74, 6) is -4.26. The van der Waals surface area contributed by atoms with Crippen LogP contribution in [0, 0.1) is 5.92 Å². The summed E-state index contributed by atoms with van der Waals surface area (Å²) in [6.45, 7) is 3.80. The Hall–Kier alpha value is -4.33. The number of methoxy groups -OCH3 is 1. The molecule has 0 spiro atoms. The van der Waals surface area contributed by atoms with Crippen molar-refractivity contribution in [1.29, 1.82) is 0 Å². The summed E-state index contributed by atoms with van der Waals surface area (Å²) in [5, 5.41) is 7.97. The molecule has 0 saturated carbocycles. The van der Waals surface area contributed by atoms with Gasteiger partial charge >= 0.3 is 19.1 Å². The average molecular weight is 567 g/mol. The van der Waals surface area contributed by atoms with Crippen LogP contribution in [0.2, 0.25) is 0 Å². The molecule has 3 atom stereocenters. The summed E-state index contributed by atoms with van der Waals surface area (Å²) in [7, 11) is 1.23. The summed E-state index contributed by atoms with van der Waals surface area (Å²) in [5.41, 5.74) is -1.10. The van der Waals surface area contributed by atoms with E-state index in [-0.39, 0.29) is 18.0 Å². The monoisotopic (exact) mass is 567 g/mol. The lowest BCUT2D eigenvalue weighted by atomic mass is 9.73. The van der Waals surface area contributed by atoms with Crippen LogP contribution in [-0.4, -0.2) is 78.5 Å². The fourth-order valence-electron chi connectivity index (χ4n) is 4.35. The number of hydrogen-bond acceptors (Lipinski definition) is 10. The molecule has 1 aliphatic heterocycles. The lowest BCUT2D eigenvalue weighted by Crippen LogP contribution is -2.56. The second-order valence-corrected chi connectivity index (χ2v) is 10.0. The molecule has 2 heterocycles. The van der Waals surface area contributed by atoms with Crippen LogP contribution in [0.4, 0.5) is 0 Å². The van der Waals surface area contributed by atoms with Crippen molar-refractivity contribution in [2.24, 2.45) is 5.92 Å². The van der Waals surface area contributed by atoms with Crippen LogP contribution in [0.25, 0.3) is 0 Å². The summed E-state index contributed by atoms with van der Waals surface area (Å²) in [4.78, 5) is 71.9. The molecule has 218 valence electrons. The van der Waals surface area contributed by atoms with Crippen molar-refractivity contribution in [2.45, 2.75) is 57.1 Å². The number of carbonyl (C=O) groups is 5. The number of nitrogens with zero attached hydrogens (tertiary/aromatic N) is 2. The molecule has 0 bridgehead atoms. The second kappa shape index (κ2) is 14.3. The smallest absolute Gasteiger partial charge is 0.506 e. The maximum absolute atomic E-state index is 13.7. The van der Waals surface area contributed by atoms with Crippen molar-refractivity contribution in [3.8, 4) is 0 Å². The first-order valence-electron chi connectivity index (χ1n) is 13.1. The molecule has 2 aromatic rings. The Morgan fingerprint density at radius 3 is 2.41 bits per heavy atom. The van der Waals surface area contributed by atoms with Crippen LogP contribution in [0.1, 0.15) is 49.2 Å². The minimum absolute atomic E-state index is 0.0129. The zero-order valence-corrected chi connectivity index (χ0v) is 23.4. The third-order valence-electron chi connectivity index (χ3n) is 6.40. The maximum Gasteiger partial charge on any atom is 0.552 e. The van der Waals surface area contributed by atoms with Crippen LogP contribution in [-0.2, 0) is 39.6 Å². The van der Waals surface area contributed by atoms with Gasteiger partial charge in [-0.1, -0.05) is 44.2 Å². The molecule has 1 saturated heterocycles. The lowest BCUT2D eigenvalue weighted by Gasteiger charge is -2.27. The van der Waals surface area contributed by atoms with E-state index in [1.807, 2.05) is 44.2 Å². The number of esters is 1. The van der Waals surface area contributed by atoms with E-state index in [0.717, 1.165) is 12.7 Å². The molecule has 1 aromatic carbocycles. The van der Waals surface area contributed by atoms with Crippen LogP contribution >= 0.6 is 0 Å². The predicted molar refractivity (Wildman–Crippen MR) is 146 cm³/mol.